The van der Waals surface area contributed by atoms with Crippen molar-refractivity contribution in [1.29, 1.82) is 0 Å². The summed E-state index contributed by atoms with van der Waals surface area (Å²) in [6, 6.07) is 12.2. The molecule has 0 aliphatic carbocycles. The monoisotopic (exact) mass is 520 g/mol. The summed E-state index contributed by atoms with van der Waals surface area (Å²) in [5.74, 6) is 0.0987. The van der Waals surface area contributed by atoms with Gasteiger partial charge in [0.25, 0.3) is 5.91 Å². The smallest absolute Gasteiger partial charge is 0.433 e. The maximum absolute atomic E-state index is 13.8. The van der Waals surface area contributed by atoms with Crippen LogP contribution in [0.15, 0.2) is 59.2 Å². The van der Waals surface area contributed by atoms with Crippen LogP contribution >= 0.6 is 15.9 Å². The van der Waals surface area contributed by atoms with Crippen LogP contribution in [0.25, 0.3) is 16.9 Å². The lowest BCUT2D eigenvalue weighted by Crippen LogP contribution is -2.15. The molecule has 1 amide bonds. The topological polar surface area (TPSA) is 77.8 Å². The number of amides is 1. The maximum atomic E-state index is 13.8. The highest BCUT2D eigenvalue weighted by Crippen LogP contribution is 2.36. The molecule has 0 unspecified atom stereocenters. The molecule has 0 fully saturated rings. The average Bonchev–Trinajstić information content (AvgIpc) is 3.22. The molecule has 4 aromatic rings. The third-order valence-electron chi connectivity index (χ3n) is 4.79. The van der Waals surface area contributed by atoms with E-state index < -0.39 is 17.8 Å². The average molecular weight is 521 g/mol. The molecule has 2 heterocycles. The van der Waals surface area contributed by atoms with Crippen LogP contribution < -0.4 is 14.8 Å². The number of hydrogen-bond donors (Lipinski definition) is 1. The summed E-state index contributed by atoms with van der Waals surface area (Å²) >= 11 is 3.30. The Labute approximate surface area is 194 Å². The van der Waals surface area contributed by atoms with Crippen LogP contribution in [0.4, 0.5) is 18.9 Å². The van der Waals surface area contributed by atoms with Gasteiger partial charge in [-0.1, -0.05) is 15.9 Å². The largest absolute Gasteiger partial charge is 0.493 e. The van der Waals surface area contributed by atoms with Crippen LogP contribution in [0.1, 0.15) is 16.1 Å². The summed E-state index contributed by atoms with van der Waals surface area (Å²) in [7, 11) is 2.87. The first-order chi connectivity index (χ1) is 15.7. The highest BCUT2D eigenvalue weighted by molar-refractivity contribution is 9.10. The number of methoxy groups -OCH3 is 2. The van der Waals surface area contributed by atoms with Crippen molar-refractivity contribution in [2.45, 2.75) is 6.18 Å². The number of carbonyl (C=O) groups excluding carboxylic acids is 1. The molecule has 0 radical (unpaired) electrons. The summed E-state index contributed by atoms with van der Waals surface area (Å²) in [5, 5.41) is 6.42. The van der Waals surface area contributed by atoms with Gasteiger partial charge in [0.1, 0.15) is 5.56 Å². The summed E-state index contributed by atoms with van der Waals surface area (Å²) in [6.45, 7) is 0. The van der Waals surface area contributed by atoms with E-state index in [4.69, 9.17) is 9.47 Å². The molecule has 0 bridgehead atoms. The number of hydrogen-bond acceptors (Lipinski definition) is 5. The van der Waals surface area contributed by atoms with Crippen LogP contribution in [0, 0.1) is 0 Å². The van der Waals surface area contributed by atoms with E-state index in [-0.39, 0.29) is 16.9 Å². The number of carbonyl (C=O) groups is 1. The number of nitrogens with zero attached hydrogens (tertiary/aromatic N) is 3. The Morgan fingerprint density at radius 2 is 1.73 bits per heavy atom. The Hall–Kier alpha value is -3.60. The van der Waals surface area contributed by atoms with Gasteiger partial charge >= 0.3 is 6.18 Å². The first-order valence-corrected chi connectivity index (χ1v) is 10.3. The lowest BCUT2D eigenvalue weighted by molar-refractivity contribution is -0.142. The fourth-order valence-electron chi connectivity index (χ4n) is 3.20. The van der Waals surface area contributed by atoms with E-state index in [9.17, 15) is 18.0 Å². The predicted octanol–water partition coefficient (Wildman–Crippen LogP) is 5.45. The van der Waals surface area contributed by atoms with Crippen molar-refractivity contribution in [3.8, 4) is 22.8 Å². The summed E-state index contributed by atoms with van der Waals surface area (Å²) < 4.78 is 53.4. The minimum absolute atomic E-state index is 0.00558. The highest BCUT2D eigenvalue weighted by Gasteiger charge is 2.36. The second-order valence-corrected chi connectivity index (χ2v) is 7.76. The quantitative estimate of drug-likeness (QED) is 0.378. The molecule has 11 heteroatoms. The van der Waals surface area contributed by atoms with Gasteiger partial charge in [0, 0.05) is 15.7 Å². The van der Waals surface area contributed by atoms with E-state index in [2.05, 4.69) is 31.3 Å². The Balaban J connectivity index is 1.84. The van der Waals surface area contributed by atoms with Gasteiger partial charge < -0.3 is 14.8 Å². The zero-order chi connectivity index (χ0) is 23.8. The standard InChI is InChI=1S/C22H16BrF3N4O3/c1-32-17-8-3-12(9-18(17)33-2)16-10-19(22(24,25)26)30-20(29-16)15(11-27-30)21(31)28-14-6-4-13(23)5-7-14/h3-11H,1-2H3,(H,28,31). The number of alkyl halides is 3. The fraction of sp³-hybridized carbons (Fsp3) is 0.136. The molecular weight excluding hydrogens is 505 g/mol. The molecule has 0 spiro atoms. The van der Waals surface area contributed by atoms with E-state index in [0.717, 1.165) is 16.7 Å². The normalized spacial score (nSPS) is 11.5. The maximum Gasteiger partial charge on any atom is 0.433 e. The zero-order valence-electron chi connectivity index (χ0n) is 17.3. The van der Waals surface area contributed by atoms with E-state index in [1.54, 1.807) is 36.4 Å². The molecule has 1 N–H and O–H groups in total. The summed E-state index contributed by atoms with van der Waals surface area (Å²) in [6.07, 6.45) is -3.68. The van der Waals surface area contributed by atoms with Crippen molar-refractivity contribution in [3.63, 3.8) is 0 Å². The van der Waals surface area contributed by atoms with Gasteiger partial charge in [-0.2, -0.15) is 18.3 Å². The van der Waals surface area contributed by atoms with Gasteiger partial charge in [0.05, 0.1) is 26.1 Å². The highest BCUT2D eigenvalue weighted by atomic mass is 79.9. The molecule has 0 saturated carbocycles. The molecule has 2 aromatic heterocycles. The van der Waals surface area contributed by atoms with E-state index >= 15 is 0 Å². The Morgan fingerprint density at radius 1 is 1.03 bits per heavy atom. The van der Waals surface area contributed by atoms with Crippen molar-refractivity contribution >= 4 is 33.2 Å². The Bertz CT molecular complexity index is 1340. The van der Waals surface area contributed by atoms with Crippen molar-refractivity contribution in [3.05, 3.63) is 70.5 Å². The van der Waals surface area contributed by atoms with Crippen LogP contribution in [-0.2, 0) is 6.18 Å². The fourth-order valence-corrected chi connectivity index (χ4v) is 3.46. The second-order valence-electron chi connectivity index (χ2n) is 6.85. The van der Waals surface area contributed by atoms with Crippen LogP contribution in [0.2, 0.25) is 0 Å². The number of rotatable bonds is 5. The van der Waals surface area contributed by atoms with Gasteiger partial charge in [0.15, 0.2) is 22.8 Å². The number of benzene rings is 2. The van der Waals surface area contributed by atoms with Crippen LogP contribution in [-0.4, -0.2) is 34.7 Å². The minimum Gasteiger partial charge on any atom is -0.493 e. The van der Waals surface area contributed by atoms with E-state index in [1.165, 1.54) is 20.3 Å². The molecule has 4 rings (SSSR count). The van der Waals surface area contributed by atoms with Crippen LogP contribution in [0.5, 0.6) is 11.5 Å². The molecule has 0 saturated heterocycles. The van der Waals surface area contributed by atoms with E-state index in [0.29, 0.717) is 27.3 Å². The lowest BCUT2D eigenvalue weighted by atomic mass is 10.1. The first kappa shape index (κ1) is 22.6. The van der Waals surface area contributed by atoms with Gasteiger partial charge in [-0.15, -0.1) is 0 Å². The molecule has 0 atom stereocenters. The van der Waals surface area contributed by atoms with Gasteiger partial charge in [-0.3, -0.25) is 4.79 Å². The number of nitrogens with one attached hydrogen (secondary N) is 1. The number of ether oxygens (including phenoxy) is 2. The van der Waals surface area contributed by atoms with Crippen LogP contribution in [0.3, 0.4) is 0 Å². The number of halogens is 4. The number of aromatic nitrogens is 3. The summed E-state index contributed by atoms with van der Waals surface area (Å²) in [5.41, 5.74) is -0.598. The molecule has 0 aliphatic rings. The van der Waals surface area contributed by atoms with Gasteiger partial charge in [-0.25, -0.2) is 9.50 Å². The molecule has 170 valence electrons. The van der Waals surface area contributed by atoms with Crippen molar-refractivity contribution < 1.29 is 27.4 Å². The minimum atomic E-state index is -4.74. The first-order valence-electron chi connectivity index (χ1n) is 9.46. The second kappa shape index (κ2) is 8.74. The Kier molecular flexibility index (Phi) is 5.98. The molecule has 2 aromatic carbocycles. The lowest BCUT2D eigenvalue weighted by Gasteiger charge is -2.13. The number of fused-ring (bicyclic) bond motifs is 1. The number of anilines is 1. The SMILES string of the molecule is COc1ccc(-c2cc(C(F)(F)F)n3ncc(C(=O)Nc4ccc(Br)cc4)c3n2)cc1OC. The van der Waals surface area contributed by atoms with Crippen molar-refractivity contribution in [2.24, 2.45) is 0 Å². The third kappa shape index (κ3) is 4.49. The predicted molar refractivity (Wildman–Crippen MR) is 119 cm³/mol. The van der Waals surface area contributed by atoms with Crippen molar-refractivity contribution in [2.75, 3.05) is 19.5 Å². The molecule has 33 heavy (non-hydrogen) atoms. The van der Waals surface area contributed by atoms with Gasteiger partial charge in [0.2, 0.25) is 0 Å². The summed E-state index contributed by atoms with van der Waals surface area (Å²) in [4.78, 5) is 17.2. The van der Waals surface area contributed by atoms with Gasteiger partial charge in [-0.05, 0) is 48.5 Å². The van der Waals surface area contributed by atoms with Crippen molar-refractivity contribution in [1.82, 2.24) is 14.6 Å². The molecule has 0 aliphatic heterocycles. The van der Waals surface area contributed by atoms with E-state index in [1.807, 2.05) is 0 Å². The third-order valence-corrected chi connectivity index (χ3v) is 5.32. The molecular formula is C22H16BrF3N4O3. The Morgan fingerprint density at radius 3 is 2.36 bits per heavy atom. The molecule has 7 nitrogen and oxygen atoms in total. The zero-order valence-corrected chi connectivity index (χ0v) is 18.9.